The van der Waals surface area contributed by atoms with Crippen LogP contribution >= 0.6 is 0 Å². The van der Waals surface area contributed by atoms with E-state index in [9.17, 15) is 4.79 Å². The number of carbonyl (C=O) groups excluding carboxylic acids is 1. The molecule has 0 bridgehead atoms. The Balaban J connectivity index is 2.41. The van der Waals surface area contributed by atoms with Crippen LogP contribution in [0.4, 0.5) is 0 Å². The maximum Gasteiger partial charge on any atom is 0.176 e. The minimum atomic E-state index is -0.253. The molecule has 0 spiro atoms. The third kappa shape index (κ3) is 2.89. The Hall–Kier alpha value is -1.55. The van der Waals surface area contributed by atoms with Gasteiger partial charge in [-0.1, -0.05) is 6.92 Å². The number of hydrogen-bond acceptors (Lipinski definition) is 4. The summed E-state index contributed by atoms with van der Waals surface area (Å²) in [5, 5.41) is 0. The van der Waals surface area contributed by atoms with Gasteiger partial charge in [-0.15, -0.1) is 0 Å². The van der Waals surface area contributed by atoms with E-state index in [1.807, 2.05) is 26.8 Å². The van der Waals surface area contributed by atoms with Crippen molar-refractivity contribution in [2.75, 3.05) is 13.2 Å². The Labute approximate surface area is 113 Å². The van der Waals surface area contributed by atoms with E-state index in [0.29, 0.717) is 17.9 Å². The largest absolute Gasteiger partial charge is 0.490 e. The number of ketones is 1. The van der Waals surface area contributed by atoms with Gasteiger partial charge in [0.1, 0.15) is 5.60 Å². The molecular weight excluding hydrogens is 242 g/mol. The number of fused-ring (bicyclic) bond motifs is 1. The molecule has 0 fully saturated rings. The van der Waals surface area contributed by atoms with Gasteiger partial charge in [-0.05, 0) is 32.4 Å². The minimum Gasteiger partial charge on any atom is -0.490 e. The van der Waals surface area contributed by atoms with Crippen molar-refractivity contribution < 1.29 is 14.3 Å². The van der Waals surface area contributed by atoms with Crippen LogP contribution in [-0.4, -0.2) is 24.5 Å². The predicted octanol–water partition coefficient (Wildman–Crippen LogP) is 2.33. The first kappa shape index (κ1) is 13.9. The van der Waals surface area contributed by atoms with Crippen LogP contribution < -0.4 is 15.2 Å². The SMILES string of the molecule is CCCOc1cc(C(=O)CN)cc2c1OC(C)(C)C2. The molecule has 19 heavy (non-hydrogen) atoms. The van der Waals surface area contributed by atoms with Gasteiger partial charge in [-0.2, -0.15) is 0 Å². The second kappa shape index (κ2) is 5.21. The predicted molar refractivity (Wildman–Crippen MR) is 74.0 cm³/mol. The molecule has 2 rings (SSSR count). The lowest BCUT2D eigenvalue weighted by molar-refractivity contribution is 0.100. The molecule has 0 aliphatic carbocycles. The van der Waals surface area contributed by atoms with Crippen LogP contribution in [0, 0.1) is 0 Å². The zero-order valence-corrected chi connectivity index (χ0v) is 11.8. The molecule has 0 saturated carbocycles. The Morgan fingerprint density at radius 2 is 2.21 bits per heavy atom. The topological polar surface area (TPSA) is 61.5 Å². The maximum absolute atomic E-state index is 11.8. The van der Waals surface area contributed by atoms with Gasteiger partial charge in [0.2, 0.25) is 0 Å². The molecular formula is C15H21NO3. The lowest BCUT2D eigenvalue weighted by Gasteiger charge is -2.18. The summed E-state index contributed by atoms with van der Waals surface area (Å²) in [6.45, 7) is 6.72. The first-order valence-corrected chi connectivity index (χ1v) is 6.69. The van der Waals surface area contributed by atoms with Gasteiger partial charge in [0.25, 0.3) is 0 Å². The molecule has 0 aromatic heterocycles. The lowest BCUT2D eigenvalue weighted by Crippen LogP contribution is -2.24. The zero-order valence-electron chi connectivity index (χ0n) is 11.8. The molecule has 1 aromatic rings. The van der Waals surface area contributed by atoms with Crippen molar-refractivity contribution in [2.45, 2.75) is 39.2 Å². The van der Waals surface area contributed by atoms with Gasteiger partial charge in [0.05, 0.1) is 13.2 Å². The number of nitrogens with two attached hydrogens (primary N) is 1. The van der Waals surface area contributed by atoms with Crippen molar-refractivity contribution in [1.82, 2.24) is 0 Å². The second-order valence-electron chi connectivity index (χ2n) is 5.48. The van der Waals surface area contributed by atoms with Crippen molar-refractivity contribution in [3.8, 4) is 11.5 Å². The summed E-state index contributed by atoms with van der Waals surface area (Å²) in [5.41, 5.74) is 6.81. The maximum atomic E-state index is 11.8. The van der Waals surface area contributed by atoms with E-state index in [-0.39, 0.29) is 17.9 Å². The molecule has 1 aliphatic heterocycles. The van der Waals surface area contributed by atoms with Crippen LogP contribution in [0.1, 0.15) is 43.1 Å². The zero-order chi connectivity index (χ0) is 14.0. The first-order chi connectivity index (χ1) is 8.96. The third-order valence-electron chi connectivity index (χ3n) is 3.10. The van der Waals surface area contributed by atoms with E-state index in [1.165, 1.54) is 0 Å². The smallest absolute Gasteiger partial charge is 0.176 e. The number of carbonyl (C=O) groups is 1. The van der Waals surface area contributed by atoms with Crippen LogP contribution in [0.5, 0.6) is 11.5 Å². The molecule has 0 unspecified atom stereocenters. The average Bonchev–Trinajstić information content (AvgIpc) is 2.68. The van der Waals surface area contributed by atoms with Gasteiger partial charge in [-0.3, -0.25) is 4.79 Å². The molecule has 4 heteroatoms. The fraction of sp³-hybridized carbons (Fsp3) is 0.533. The van der Waals surface area contributed by atoms with Crippen molar-refractivity contribution in [3.05, 3.63) is 23.3 Å². The van der Waals surface area contributed by atoms with E-state index in [0.717, 1.165) is 24.2 Å². The number of rotatable bonds is 5. The first-order valence-electron chi connectivity index (χ1n) is 6.69. The molecule has 0 atom stereocenters. The third-order valence-corrected chi connectivity index (χ3v) is 3.10. The van der Waals surface area contributed by atoms with E-state index in [1.54, 1.807) is 6.07 Å². The quantitative estimate of drug-likeness (QED) is 0.828. The van der Waals surface area contributed by atoms with E-state index < -0.39 is 0 Å². The van der Waals surface area contributed by atoms with Crippen molar-refractivity contribution in [2.24, 2.45) is 5.73 Å². The van der Waals surface area contributed by atoms with E-state index in [4.69, 9.17) is 15.2 Å². The molecule has 104 valence electrons. The van der Waals surface area contributed by atoms with Crippen molar-refractivity contribution in [3.63, 3.8) is 0 Å². The Bertz CT molecular complexity index is 494. The lowest BCUT2D eigenvalue weighted by atomic mass is 9.98. The summed E-state index contributed by atoms with van der Waals surface area (Å²) in [4.78, 5) is 11.8. The Morgan fingerprint density at radius 3 is 2.84 bits per heavy atom. The van der Waals surface area contributed by atoms with Gasteiger partial charge in [0, 0.05) is 17.5 Å². The normalized spacial score (nSPS) is 15.8. The van der Waals surface area contributed by atoms with Gasteiger partial charge >= 0.3 is 0 Å². The fourth-order valence-electron chi connectivity index (χ4n) is 2.28. The minimum absolute atomic E-state index is 0.0102. The van der Waals surface area contributed by atoms with Crippen LogP contribution in [0.2, 0.25) is 0 Å². The van der Waals surface area contributed by atoms with Crippen LogP contribution in [0.15, 0.2) is 12.1 Å². The highest BCUT2D eigenvalue weighted by atomic mass is 16.5. The van der Waals surface area contributed by atoms with Gasteiger partial charge in [-0.25, -0.2) is 0 Å². The van der Waals surface area contributed by atoms with Crippen molar-refractivity contribution in [1.29, 1.82) is 0 Å². The van der Waals surface area contributed by atoms with E-state index in [2.05, 4.69) is 0 Å². The average molecular weight is 263 g/mol. The highest BCUT2D eigenvalue weighted by molar-refractivity contribution is 5.98. The molecule has 4 nitrogen and oxygen atoms in total. The Morgan fingerprint density at radius 1 is 1.47 bits per heavy atom. The molecule has 0 radical (unpaired) electrons. The summed E-state index contributed by atoms with van der Waals surface area (Å²) in [6, 6.07) is 3.61. The summed E-state index contributed by atoms with van der Waals surface area (Å²) in [5.74, 6) is 1.35. The number of Topliss-reactive ketones (excluding diaryl/α,β-unsaturated/α-hetero) is 1. The summed E-state index contributed by atoms with van der Waals surface area (Å²) < 4.78 is 11.6. The molecule has 2 N–H and O–H groups in total. The molecule has 1 aliphatic rings. The molecule has 1 aromatic carbocycles. The monoisotopic (exact) mass is 263 g/mol. The summed E-state index contributed by atoms with van der Waals surface area (Å²) >= 11 is 0. The van der Waals surface area contributed by atoms with Crippen LogP contribution in [0.3, 0.4) is 0 Å². The van der Waals surface area contributed by atoms with E-state index >= 15 is 0 Å². The number of ether oxygens (including phenoxy) is 2. The van der Waals surface area contributed by atoms with Crippen LogP contribution in [0.25, 0.3) is 0 Å². The van der Waals surface area contributed by atoms with Crippen molar-refractivity contribution >= 4 is 5.78 Å². The number of benzene rings is 1. The summed E-state index contributed by atoms with van der Waals surface area (Å²) in [7, 11) is 0. The van der Waals surface area contributed by atoms with Gasteiger partial charge < -0.3 is 15.2 Å². The second-order valence-corrected chi connectivity index (χ2v) is 5.48. The summed E-state index contributed by atoms with van der Waals surface area (Å²) in [6.07, 6.45) is 1.68. The fourth-order valence-corrected chi connectivity index (χ4v) is 2.28. The molecule has 0 saturated heterocycles. The van der Waals surface area contributed by atoms with Gasteiger partial charge in [0.15, 0.2) is 17.3 Å². The Kier molecular flexibility index (Phi) is 3.80. The molecule has 1 heterocycles. The standard InChI is InChI=1S/C15H21NO3/c1-4-5-18-13-7-10(12(17)9-16)6-11-8-15(2,3)19-14(11)13/h6-7H,4-5,8-9,16H2,1-3H3. The van der Waals surface area contributed by atoms with Crippen LogP contribution in [-0.2, 0) is 6.42 Å². The molecule has 0 amide bonds. The highest BCUT2D eigenvalue weighted by Crippen LogP contribution is 2.42. The number of hydrogen-bond donors (Lipinski definition) is 1. The highest BCUT2D eigenvalue weighted by Gasteiger charge is 2.33.